The van der Waals surface area contributed by atoms with Gasteiger partial charge in [-0.25, -0.2) is 0 Å². The first-order chi connectivity index (χ1) is 5.27. The van der Waals surface area contributed by atoms with Gasteiger partial charge in [0.05, 0.1) is 12.2 Å². The highest BCUT2D eigenvalue weighted by atomic mass is 16.5. The van der Waals surface area contributed by atoms with Crippen molar-refractivity contribution < 1.29 is 4.74 Å². The largest absolute Gasteiger partial charge is 0.379 e. The highest BCUT2D eigenvalue weighted by Gasteiger charge is 2.33. The van der Waals surface area contributed by atoms with E-state index >= 15 is 0 Å². The molecule has 1 unspecified atom stereocenters. The molecule has 1 atom stereocenters. The number of nitriles is 1. The summed E-state index contributed by atoms with van der Waals surface area (Å²) in [5.74, 6) is 0.947. The number of ether oxygens (including phenoxy) is 1. The molecule has 2 heteroatoms. The Morgan fingerprint density at radius 1 is 1.64 bits per heavy atom. The van der Waals surface area contributed by atoms with E-state index in [0.717, 1.165) is 19.4 Å². The van der Waals surface area contributed by atoms with Crippen molar-refractivity contribution in [3.8, 4) is 6.07 Å². The van der Waals surface area contributed by atoms with Crippen molar-refractivity contribution in [3.63, 3.8) is 0 Å². The summed E-state index contributed by atoms with van der Waals surface area (Å²) < 4.78 is 5.43. The minimum absolute atomic E-state index is 0.308. The molecule has 1 aliphatic rings. The normalized spacial score (nSPS) is 32.1. The smallest absolute Gasteiger partial charge is 0.0656 e. The molecule has 0 aromatic carbocycles. The quantitative estimate of drug-likeness (QED) is 0.621. The van der Waals surface area contributed by atoms with E-state index < -0.39 is 0 Å². The van der Waals surface area contributed by atoms with Crippen molar-refractivity contribution >= 4 is 0 Å². The molecule has 0 saturated heterocycles. The zero-order valence-corrected chi connectivity index (χ0v) is 7.21. The monoisotopic (exact) mass is 153 g/mol. The third kappa shape index (κ3) is 1.94. The van der Waals surface area contributed by atoms with Crippen LogP contribution < -0.4 is 0 Å². The summed E-state index contributed by atoms with van der Waals surface area (Å²) in [6, 6.07) is 2.27. The molecule has 1 aliphatic carbocycles. The predicted molar refractivity (Wildman–Crippen MR) is 42.9 cm³/mol. The van der Waals surface area contributed by atoms with Crippen LogP contribution >= 0.6 is 0 Å². The standard InChI is InChI=1S/C9H15NO/c1-3-11-7(2)9-4-8(5-9)6-10/h7-9H,3-5H2,1-2H3. The van der Waals surface area contributed by atoms with Crippen LogP contribution in [0.2, 0.25) is 0 Å². The summed E-state index contributed by atoms with van der Waals surface area (Å²) in [5.41, 5.74) is 0. The summed E-state index contributed by atoms with van der Waals surface area (Å²) in [7, 11) is 0. The summed E-state index contributed by atoms with van der Waals surface area (Å²) in [4.78, 5) is 0. The van der Waals surface area contributed by atoms with E-state index in [4.69, 9.17) is 10.00 Å². The van der Waals surface area contributed by atoms with E-state index in [1.165, 1.54) is 0 Å². The van der Waals surface area contributed by atoms with Crippen LogP contribution in [0.1, 0.15) is 26.7 Å². The molecule has 0 amide bonds. The van der Waals surface area contributed by atoms with Gasteiger partial charge in [0.1, 0.15) is 0 Å². The van der Waals surface area contributed by atoms with E-state index in [9.17, 15) is 0 Å². The number of hydrogen-bond donors (Lipinski definition) is 0. The Kier molecular flexibility index (Phi) is 2.90. The lowest BCUT2D eigenvalue weighted by Crippen LogP contribution is -2.32. The average molecular weight is 153 g/mol. The minimum atomic E-state index is 0.308. The lowest BCUT2D eigenvalue weighted by Gasteiger charge is -2.34. The first kappa shape index (κ1) is 8.55. The highest BCUT2D eigenvalue weighted by Crippen LogP contribution is 2.36. The number of rotatable bonds is 3. The van der Waals surface area contributed by atoms with Gasteiger partial charge in [-0.1, -0.05) is 0 Å². The van der Waals surface area contributed by atoms with Crippen LogP contribution in [-0.2, 0) is 4.74 Å². The van der Waals surface area contributed by atoms with Crippen molar-refractivity contribution in [2.45, 2.75) is 32.8 Å². The Morgan fingerprint density at radius 2 is 2.27 bits per heavy atom. The second-order valence-electron chi connectivity index (χ2n) is 3.22. The molecule has 62 valence electrons. The van der Waals surface area contributed by atoms with Crippen LogP contribution in [0.4, 0.5) is 0 Å². The molecule has 0 heterocycles. The van der Waals surface area contributed by atoms with Crippen LogP contribution in [0, 0.1) is 23.2 Å². The predicted octanol–water partition coefficient (Wildman–Crippen LogP) is 1.96. The fraction of sp³-hybridized carbons (Fsp3) is 0.889. The number of hydrogen-bond acceptors (Lipinski definition) is 2. The van der Waals surface area contributed by atoms with Crippen LogP contribution in [0.5, 0.6) is 0 Å². The molecule has 0 N–H and O–H groups in total. The Hall–Kier alpha value is -0.550. The fourth-order valence-corrected chi connectivity index (χ4v) is 1.55. The van der Waals surface area contributed by atoms with Crippen LogP contribution in [0.3, 0.4) is 0 Å². The van der Waals surface area contributed by atoms with E-state index in [1.54, 1.807) is 0 Å². The van der Waals surface area contributed by atoms with Gasteiger partial charge in [0.15, 0.2) is 0 Å². The molecule has 1 fully saturated rings. The Balaban J connectivity index is 2.16. The van der Waals surface area contributed by atoms with Gasteiger partial charge >= 0.3 is 0 Å². The maximum Gasteiger partial charge on any atom is 0.0656 e. The minimum Gasteiger partial charge on any atom is -0.379 e. The summed E-state index contributed by atoms with van der Waals surface area (Å²) >= 11 is 0. The topological polar surface area (TPSA) is 33.0 Å². The van der Waals surface area contributed by atoms with E-state index in [2.05, 4.69) is 13.0 Å². The molecule has 0 aromatic heterocycles. The van der Waals surface area contributed by atoms with Crippen LogP contribution in [0.15, 0.2) is 0 Å². The molecule has 1 saturated carbocycles. The average Bonchev–Trinajstić information content (AvgIpc) is 1.86. The second-order valence-corrected chi connectivity index (χ2v) is 3.22. The van der Waals surface area contributed by atoms with Crippen LogP contribution in [0.25, 0.3) is 0 Å². The molecular formula is C9H15NO. The first-order valence-electron chi connectivity index (χ1n) is 4.29. The highest BCUT2D eigenvalue weighted by molar-refractivity contribution is 4.95. The lowest BCUT2D eigenvalue weighted by molar-refractivity contribution is -0.00650. The van der Waals surface area contributed by atoms with Gasteiger partial charge < -0.3 is 4.74 Å². The maximum absolute atomic E-state index is 8.52. The van der Waals surface area contributed by atoms with Gasteiger partial charge in [-0.05, 0) is 32.6 Å². The zero-order chi connectivity index (χ0) is 8.27. The van der Waals surface area contributed by atoms with Crippen LogP contribution in [-0.4, -0.2) is 12.7 Å². The fourth-order valence-electron chi connectivity index (χ4n) is 1.55. The molecule has 2 nitrogen and oxygen atoms in total. The SMILES string of the molecule is CCOC(C)C1CC(C#N)C1. The lowest BCUT2D eigenvalue weighted by atomic mass is 9.73. The van der Waals surface area contributed by atoms with Gasteiger partial charge in [-0.15, -0.1) is 0 Å². The van der Waals surface area contributed by atoms with E-state index in [0.29, 0.717) is 17.9 Å². The summed E-state index contributed by atoms with van der Waals surface area (Å²) in [6.07, 6.45) is 2.43. The van der Waals surface area contributed by atoms with Gasteiger partial charge in [0.25, 0.3) is 0 Å². The zero-order valence-electron chi connectivity index (χ0n) is 7.21. The third-order valence-electron chi connectivity index (χ3n) is 2.45. The number of nitrogens with zero attached hydrogens (tertiary/aromatic N) is 1. The van der Waals surface area contributed by atoms with E-state index in [-0.39, 0.29) is 0 Å². The van der Waals surface area contributed by atoms with Crippen molar-refractivity contribution in [1.29, 1.82) is 5.26 Å². The first-order valence-corrected chi connectivity index (χ1v) is 4.29. The maximum atomic E-state index is 8.52. The Labute approximate surface area is 68.2 Å². The van der Waals surface area contributed by atoms with Crippen molar-refractivity contribution in [3.05, 3.63) is 0 Å². The Morgan fingerprint density at radius 3 is 2.73 bits per heavy atom. The van der Waals surface area contributed by atoms with Gasteiger partial charge in [0.2, 0.25) is 0 Å². The van der Waals surface area contributed by atoms with Gasteiger partial charge in [-0.2, -0.15) is 5.26 Å². The van der Waals surface area contributed by atoms with Gasteiger partial charge in [-0.3, -0.25) is 0 Å². The Bertz CT molecular complexity index is 155. The molecular weight excluding hydrogens is 138 g/mol. The van der Waals surface area contributed by atoms with Gasteiger partial charge in [0, 0.05) is 12.5 Å². The van der Waals surface area contributed by atoms with Crippen molar-refractivity contribution in [2.24, 2.45) is 11.8 Å². The molecule has 11 heavy (non-hydrogen) atoms. The summed E-state index contributed by atoms with van der Waals surface area (Å²) in [6.45, 7) is 4.90. The molecule has 0 bridgehead atoms. The van der Waals surface area contributed by atoms with E-state index in [1.807, 2.05) is 6.92 Å². The molecule has 0 aliphatic heterocycles. The van der Waals surface area contributed by atoms with Crippen molar-refractivity contribution in [1.82, 2.24) is 0 Å². The molecule has 0 spiro atoms. The van der Waals surface area contributed by atoms with Crippen molar-refractivity contribution in [2.75, 3.05) is 6.61 Å². The molecule has 0 radical (unpaired) electrons. The summed E-state index contributed by atoms with van der Waals surface area (Å²) in [5, 5.41) is 8.52. The second kappa shape index (κ2) is 3.73. The third-order valence-corrected chi connectivity index (χ3v) is 2.45. The molecule has 0 aromatic rings. The molecule has 1 rings (SSSR count).